The standard InChI is InChI=1S/C16H25NO/c1-16(2)10-3-4-14(9-11-16)17-12-13-5-7-15(18)8-6-13/h5-8,14,17-18H,3-4,9-12H2,1-2H3. The Kier molecular flexibility index (Phi) is 4.28. The molecule has 1 aliphatic rings. The quantitative estimate of drug-likeness (QED) is 0.795. The summed E-state index contributed by atoms with van der Waals surface area (Å²) < 4.78 is 0. The number of hydrogen-bond acceptors (Lipinski definition) is 2. The number of nitrogens with one attached hydrogen (secondary N) is 1. The third kappa shape index (κ3) is 4.02. The summed E-state index contributed by atoms with van der Waals surface area (Å²) in [5.41, 5.74) is 1.77. The minimum Gasteiger partial charge on any atom is -0.508 e. The number of hydrogen-bond donors (Lipinski definition) is 2. The van der Waals surface area contributed by atoms with Gasteiger partial charge in [-0.1, -0.05) is 32.4 Å². The molecular formula is C16H25NO. The molecule has 100 valence electrons. The lowest BCUT2D eigenvalue weighted by atomic mass is 9.85. The maximum absolute atomic E-state index is 9.25. The summed E-state index contributed by atoms with van der Waals surface area (Å²) >= 11 is 0. The van der Waals surface area contributed by atoms with Crippen molar-refractivity contribution in [2.24, 2.45) is 5.41 Å². The summed E-state index contributed by atoms with van der Waals surface area (Å²) in [5.74, 6) is 0.343. The van der Waals surface area contributed by atoms with Crippen molar-refractivity contribution in [3.8, 4) is 5.75 Å². The van der Waals surface area contributed by atoms with Crippen molar-refractivity contribution in [2.45, 2.75) is 58.5 Å². The van der Waals surface area contributed by atoms with Crippen LogP contribution in [0, 0.1) is 5.41 Å². The van der Waals surface area contributed by atoms with Crippen LogP contribution in [-0.4, -0.2) is 11.1 Å². The molecule has 0 saturated heterocycles. The second kappa shape index (κ2) is 5.75. The van der Waals surface area contributed by atoms with E-state index in [1.165, 1.54) is 37.7 Å². The van der Waals surface area contributed by atoms with Gasteiger partial charge < -0.3 is 10.4 Å². The molecule has 18 heavy (non-hydrogen) atoms. The van der Waals surface area contributed by atoms with Gasteiger partial charge in [0.1, 0.15) is 5.75 Å². The topological polar surface area (TPSA) is 32.3 Å². The molecule has 0 amide bonds. The van der Waals surface area contributed by atoms with Gasteiger partial charge in [0.2, 0.25) is 0 Å². The monoisotopic (exact) mass is 247 g/mol. The van der Waals surface area contributed by atoms with Gasteiger partial charge in [0.25, 0.3) is 0 Å². The second-order valence-electron chi connectivity index (χ2n) is 6.34. The summed E-state index contributed by atoms with van der Waals surface area (Å²) in [5, 5.41) is 12.9. The van der Waals surface area contributed by atoms with Gasteiger partial charge in [0.05, 0.1) is 0 Å². The van der Waals surface area contributed by atoms with Crippen LogP contribution in [0.3, 0.4) is 0 Å². The van der Waals surface area contributed by atoms with Crippen molar-refractivity contribution in [3.05, 3.63) is 29.8 Å². The molecular weight excluding hydrogens is 222 g/mol. The van der Waals surface area contributed by atoms with E-state index in [0.717, 1.165) is 6.54 Å². The predicted molar refractivity (Wildman–Crippen MR) is 75.6 cm³/mol. The zero-order chi connectivity index (χ0) is 13.0. The van der Waals surface area contributed by atoms with E-state index in [-0.39, 0.29) is 0 Å². The van der Waals surface area contributed by atoms with Crippen LogP contribution in [0.1, 0.15) is 51.5 Å². The van der Waals surface area contributed by atoms with E-state index in [0.29, 0.717) is 17.2 Å². The molecule has 1 saturated carbocycles. The minimum atomic E-state index is 0.343. The van der Waals surface area contributed by atoms with Crippen molar-refractivity contribution >= 4 is 0 Å². The third-order valence-corrected chi connectivity index (χ3v) is 4.11. The molecule has 0 aliphatic heterocycles. The first-order valence-corrected chi connectivity index (χ1v) is 7.06. The van der Waals surface area contributed by atoms with E-state index in [1.807, 2.05) is 12.1 Å². The summed E-state index contributed by atoms with van der Waals surface area (Å²) in [7, 11) is 0. The van der Waals surface area contributed by atoms with Crippen molar-refractivity contribution in [1.82, 2.24) is 5.32 Å². The fourth-order valence-electron chi connectivity index (χ4n) is 2.74. The Hall–Kier alpha value is -1.02. The molecule has 1 fully saturated rings. The summed E-state index contributed by atoms with van der Waals surface area (Å²) in [6.45, 7) is 5.68. The number of benzene rings is 1. The maximum Gasteiger partial charge on any atom is 0.115 e. The van der Waals surface area contributed by atoms with Gasteiger partial charge in [0.15, 0.2) is 0 Å². The molecule has 0 bridgehead atoms. The van der Waals surface area contributed by atoms with E-state index < -0.39 is 0 Å². The van der Waals surface area contributed by atoms with Gasteiger partial charge in [-0.05, 0) is 48.8 Å². The van der Waals surface area contributed by atoms with Gasteiger partial charge >= 0.3 is 0 Å². The molecule has 1 aromatic carbocycles. The van der Waals surface area contributed by atoms with Crippen molar-refractivity contribution < 1.29 is 5.11 Å². The third-order valence-electron chi connectivity index (χ3n) is 4.11. The largest absolute Gasteiger partial charge is 0.508 e. The Labute approximate surface area is 110 Å². The minimum absolute atomic E-state index is 0.343. The van der Waals surface area contributed by atoms with Gasteiger partial charge in [-0.3, -0.25) is 0 Å². The first kappa shape index (κ1) is 13.4. The molecule has 1 unspecified atom stereocenters. The van der Waals surface area contributed by atoms with Crippen LogP contribution in [0.5, 0.6) is 5.75 Å². The Morgan fingerprint density at radius 3 is 2.61 bits per heavy atom. The van der Waals surface area contributed by atoms with E-state index in [1.54, 1.807) is 12.1 Å². The van der Waals surface area contributed by atoms with Gasteiger partial charge in [-0.15, -0.1) is 0 Å². The highest BCUT2D eigenvalue weighted by Crippen LogP contribution is 2.33. The molecule has 0 heterocycles. The van der Waals surface area contributed by atoms with Crippen LogP contribution in [0.15, 0.2) is 24.3 Å². The normalized spacial score (nSPS) is 23.6. The summed E-state index contributed by atoms with van der Waals surface area (Å²) in [4.78, 5) is 0. The number of aromatic hydroxyl groups is 1. The lowest BCUT2D eigenvalue weighted by Gasteiger charge is -2.22. The van der Waals surface area contributed by atoms with Gasteiger partial charge in [-0.2, -0.15) is 0 Å². The summed E-state index contributed by atoms with van der Waals surface area (Å²) in [6, 6.07) is 8.15. The Morgan fingerprint density at radius 1 is 1.17 bits per heavy atom. The highest BCUT2D eigenvalue weighted by atomic mass is 16.3. The van der Waals surface area contributed by atoms with Crippen LogP contribution in [0.2, 0.25) is 0 Å². The molecule has 0 aromatic heterocycles. The number of phenols is 1. The second-order valence-corrected chi connectivity index (χ2v) is 6.34. The van der Waals surface area contributed by atoms with E-state index in [2.05, 4.69) is 19.2 Å². The zero-order valence-electron chi connectivity index (χ0n) is 11.6. The fraction of sp³-hybridized carbons (Fsp3) is 0.625. The van der Waals surface area contributed by atoms with Crippen LogP contribution in [-0.2, 0) is 6.54 Å². The Morgan fingerprint density at radius 2 is 1.89 bits per heavy atom. The molecule has 0 spiro atoms. The predicted octanol–water partition coefficient (Wildman–Crippen LogP) is 3.84. The lowest BCUT2D eigenvalue weighted by molar-refractivity contribution is 0.309. The van der Waals surface area contributed by atoms with E-state index in [4.69, 9.17) is 0 Å². The fourth-order valence-corrected chi connectivity index (χ4v) is 2.74. The molecule has 2 heteroatoms. The lowest BCUT2D eigenvalue weighted by Crippen LogP contribution is -2.28. The first-order chi connectivity index (χ1) is 8.55. The zero-order valence-corrected chi connectivity index (χ0v) is 11.6. The van der Waals surface area contributed by atoms with Crippen molar-refractivity contribution in [1.29, 1.82) is 0 Å². The van der Waals surface area contributed by atoms with E-state index in [9.17, 15) is 5.11 Å². The SMILES string of the molecule is CC1(C)CCCC(NCc2ccc(O)cc2)CC1. The van der Waals surface area contributed by atoms with Crippen LogP contribution < -0.4 is 5.32 Å². The molecule has 2 N–H and O–H groups in total. The molecule has 2 nitrogen and oxygen atoms in total. The first-order valence-electron chi connectivity index (χ1n) is 7.06. The van der Waals surface area contributed by atoms with Gasteiger partial charge in [-0.25, -0.2) is 0 Å². The number of rotatable bonds is 3. The van der Waals surface area contributed by atoms with Crippen LogP contribution in [0.4, 0.5) is 0 Å². The molecule has 0 radical (unpaired) electrons. The Bertz CT molecular complexity index is 369. The number of phenolic OH excluding ortho intramolecular Hbond substituents is 1. The highest BCUT2D eigenvalue weighted by Gasteiger charge is 2.23. The van der Waals surface area contributed by atoms with Gasteiger partial charge in [0, 0.05) is 12.6 Å². The highest BCUT2D eigenvalue weighted by molar-refractivity contribution is 5.25. The molecule has 1 aromatic rings. The molecule has 2 rings (SSSR count). The average Bonchev–Trinajstić information content (AvgIpc) is 2.50. The van der Waals surface area contributed by atoms with Crippen LogP contribution >= 0.6 is 0 Å². The summed E-state index contributed by atoms with van der Waals surface area (Å²) in [6.07, 6.45) is 6.58. The molecule has 1 aliphatic carbocycles. The average molecular weight is 247 g/mol. The smallest absolute Gasteiger partial charge is 0.115 e. The van der Waals surface area contributed by atoms with E-state index >= 15 is 0 Å². The van der Waals surface area contributed by atoms with Crippen molar-refractivity contribution in [3.63, 3.8) is 0 Å². The van der Waals surface area contributed by atoms with Crippen LogP contribution in [0.25, 0.3) is 0 Å². The molecule has 1 atom stereocenters. The Balaban J connectivity index is 1.81. The van der Waals surface area contributed by atoms with Crippen molar-refractivity contribution in [2.75, 3.05) is 0 Å². The maximum atomic E-state index is 9.25.